The molecule has 1 aliphatic heterocycles. The van der Waals surface area contributed by atoms with Crippen LogP contribution in [0, 0.1) is 0 Å². The molecule has 1 heterocycles. The van der Waals surface area contributed by atoms with Crippen molar-refractivity contribution in [3.05, 3.63) is 0 Å². The van der Waals surface area contributed by atoms with E-state index in [0.29, 0.717) is 12.8 Å². The molecule has 0 aromatic carbocycles. The topological polar surface area (TPSA) is 66.8 Å². The third kappa shape index (κ3) is 7.53. The van der Waals surface area contributed by atoms with Gasteiger partial charge in [0.25, 0.3) is 0 Å². The fraction of sp³-hybridized carbons (Fsp3) is 0.933. The fourth-order valence-electron chi connectivity index (χ4n) is 2.55. The molecule has 0 aromatic rings. The zero-order valence-corrected chi connectivity index (χ0v) is 11.9. The number of esters is 1. The van der Waals surface area contributed by atoms with Gasteiger partial charge in [-0.05, 0) is 19.3 Å². The van der Waals surface area contributed by atoms with Crippen LogP contribution in [0.3, 0.4) is 0 Å². The van der Waals surface area contributed by atoms with E-state index in [-0.39, 0.29) is 19.0 Å². The van der Waals surface area contributed by atoms with Crippen LogP contribution in [-0.2, 0) is 9.53 Å². The van der Waals surface area contributed by atoms with Gasteiger partial charge < -0.3 is 14.9 Å². The van der Waals surface area contributed by atoms with Crippen LogP contribution < -0.4 is 0 Å². The van der Waals surface area contributed by atoms with E-state index in [1.54, 1.807) is 0 Å². The van der Waals surface area contributed by atoms with Gasteiger partial charge in [0.2, 0.25) is 0 Å². The highest BCUT2D eigenvalue weighted by molar-refractivity contribution is 5.69. The summed E-state index contributed by atoms with van der Waals surface area (Å²) in [5, 5.41) is 18.8. The lowest BCUT2D eigenvalue weighted by atomic mass is 10.0. The summed E-state index contributed by atoms with van der Waals surface area (Å²) in [5.41, 5.74) is 0. The Kier molecular flexibility index (Phi) is 8.84. The summed E-state index contributed by atoms with van der Waals surface area (Å²) in [6.45, 7) is -0.0742. The van der Waals surface area contributed by atoms with E-state index < -0.39 is 12.2 Å². The summed E-state index contributed by atoms with van der Waals surface area (Å²) in [7, 11) is 0. The SMILES string of the molecule is O=C1CCCCCCCCCC[C@@H]([C@H](O)CCO)O1. The Bertz CT molecular complexity index is 242. The fourth-order valence-corrected chi connectivity index (χ4v) is 2.55. The van der Waals surface area contributed by atoms with Crippen molar-refractivity contribution in [1.82, 2.24) is 0 Å². The van der Waals surface area contributed by atoms with Gasteiger partial charge in [-0.1, -0.05) is 38.5 Å². The van der Waals surface area contributed by atoms with Crippen molar-refractivity contribution in [2.45, 2.75) is 82.8 Å². The number of rotatable bonds is 3. The van der Waals surface area contributed by atoms with Crippen molar-refractivity contribution in [3.63, 3.8) is 0 Å². The highest BCUT2D eigenvalue weighted by Crippen LogP contribution is 2.18. The molecular weight excluding hydrogens is 244 g/mol. The quantitative estimate of drug-likeness (QED) is 0.775. The van der Waals surface area contributed by atoms with E-state index in [2.05, 4.69) is 0 Å². The summed E-state index contributed by atoms with van der Waals surface area (Å²) in [4.78, 5) is 11.7. The van der Waals surface area contributed by atoms with Gasteiger partial charge in [0.1, 0.15) is 6.10 Å². The molecule has 0 bridgehead atoms. The first-order chi connectivity index (χ1) is 9.24. The Labute approximate surface area is 116 Å². The maximum absolute atomic E-state index is 11.7. The molecule has 0 aliphatic carbocycles. The summed E-state index contributed by atoms with van der Waals surface area (Å²) in [6.07, 6.45) is 9.23. The lowest BCUT2D eigenvalue weighted by molar-refractivity contribution is -0.156. The lowest BCUT2D eigenvalue weighted by Gasteiger charge is -2.22. The largest absolute Gasteiger partial charge is 0.460 e. The van der Waals surface area contributed by atoms with Gasteiger partial charge in [0.15, 0.2) is 0 Å². The van der Waals surface area contributed by atoms with E-state index in [9.17, 15) is 9.90 Å². The van der Waals surface area contributed by atoms with Crippen molar-refractivity contribution in [3.8, 4) is 0 Å². The first kappa shape index (κ1) is 16.4. The summed E-state index contributed by atoms with van der Waals surface area (Å²) in [5.74, 6) is -0.207. The molecule has 2 N–H and O–H groups in total. The number of hydrogen-bond donors (Lipinski definition) is 2. The van der Waals surface area contributed by atoms with Gasteiger partial charge in [0.05, 0.1) is 6.10 Å². The lowest BCUT2D eigenvalue weighted by Crippen LogP contribution is -2.32. The number of carbonyl (C=O) groups excluding carboxylic acids is 1. The molecule has 1 fully saturated rings. The first-order valence-corrected chi connectivity index (χ1v) is 7.72. The normalized spacial score (nSPS) is 25.6. The van der Waals surface area contributed by atoms with Crippen molar-refractivity contribution in [2.24, 2.45) is 0 Å². The number of cyclic esters (lactones) is 1. The Balaban J connectivity index is 2.47. The predicted molar refractivity (Wildman–Crippen MR) is 73.8 cm³/mol. The average Bonchev–Trinajstić information content (AvgIpc) is 2.40. The molecule has 0 amide bonds. The zero-order valence-electron chi connectivity index (χ0n) is 11.9. The number of hydrogen-bond acceptors (Lipinski definition) is 4. The molecule has 112 valence electrons. The minimum Gasteiger partial charge on any atom is -0.460 e. The summed E-state index contributed by atoms with van der Waals surface area (Å²) in [6, 6.07) is 0. The van der Waals surface area contributed by atoms with Crippen molar-refractivity contribution >= 4 is 5.97 Å². The maximum Gasteiger partial charge on any atom is 0.306 e. The molecule has 2 atom stereocenters. The van der Waals surface area contributed by atoms with E-state index >= 15 is 0 Å². The number of carbonyl (C=O) groups is 1. The van der Waals surface area contributed by atoms with Gasteiger partial charge in [-0.3, -0.25) is 4.79 Å². The van der Waals surface area contributed by atoms with Crippen LogP contribution >= 0.6 is 0 Å². The summed E-state index contributed by atoms with van der Waals surface area (Å²) < 4.78 is 5.38. The molecule has 1 aliphatic rings. The Morgan fingerprint density at radius 3 is 2.26 bits per heavy atom. The van der Waals surface area contributed by atoms with Gasteiger partial charge >= 0.3 is 5.97 Å². The van der Waals surface area contributed by atoms with Gasteiger partial charge in [-0.25, -0.2) is 0 Å². The van der Waals surface area contributed by atoms with Crippen LogP contribution in [0.2, 0.25) is 0 Å². The number of ether oxygens (including phenoxy) is 1. The minimum absolute atomic E-state index is 0.0742. The smallest absolute Gasteiger partial charge is 0.306 e. The Morgan fingerprint density at radius 1 is 1.05 bits per heavy atom. The van der Waals surface area contributed by atoms with Crippen LogP contribution in [0.25, 0.3) is 0 Å². The predicted octanol–water partition coefficient (Wildman–Crippen LogP) is 2.56. The van der Waals surface area contributed by atoms with Crippen LogP contribution in [0.5, 0.6) is 0 Å². The molecule has 0 unspecified atom stereocenters. The maximum atomic E-state index is 11.7. The van der Waals surface area contributed by atoms with Crippen LogP contribution in [0.15, 0.2) is 0 Å². The van der Waals surface area contributed by atoms with E-state index in [0.717, 1.165) is 25.7 Å². The van der Waals surface area contributed by atoms with Crippen LogP contribution in [0.4, 0.5) is 0 Å². The van der Waals surface area contributed by atoms with Crippen LogP contribution in [-0.4, -0.2) is 35.0 Å². The monoisotopic (exact) mass is 272 g/mol. The zero-order chi connectivity index (χ0) is 13.9. The molecule has 0 aromatic heterocycles. The van der Waals surface area contributed by atoms with Gasteiger partial charge in [0, 0.05) is 19.4 Å². The molecule has 0 radical (unpaired) electrons. The second-order valence-electron chi connectivity index (χ2n) is 5.48. The molecule has 0 saturated carbocycles. The van der Waals surface area contributed by atoms with Crippen molar-refractivity contribution in [1.29, 1.82) is 0 Å². The Morgan fingerprint density at radius 2 is 1.63 bits per heavy atom. The molecule has 1 saturated heterocycles. The number of aliphatic hydroxyl groups excluding tert-OH is 2. The van der Waals surface area contributed by atoms with Gasteiger partial charge in [-0.15, -0.1) is 0 Å². The highest BCUT2D eigenvalue weighted by atomic mass is 16.6. The second kappa shape index (κ2) is 10.2. The van der Waals surface area contributed by atoms with E-state index in [1.165, 1.54) is 25.7 Å². The third-order valence-corrected chi connectivity index (χ3v) is 3.76. The van der Waals surface area contributed by atoms with Crippen LogP contribution in [0.1, 0.15) is 70.6 Å². The molecule has 19 heavy (non-hydrogen) atoms. The standard InChI is InChI=1S/C15H28O4/c16-12-11-13(17)14-9-7-5-3-1-2-4-6-8-10-15(18)19-14/h13-14,16-17H,1-12H2/t13-,14+/m1/s1. The van der Waals surface area contributed by atoms with Crippen molar-refractivity contribution in [2.75, 3.05) is 6.61 Å². The summed E-state index contributed by atoms with van der Waals surface area (Å²) >= 11 is 0. The molecule has 4 heteroatoms. The second-order valence-corrected chi connectivity index (χ2v) is 5.48. The van der Waals surface area contributed by atoms with Gasteiger partial charge in [-0.2, -0.15) is 0 Å². The molecule has 4 nitrogen and oxygen atoms in total. The number of aliphatic hydroxyl groups is 2. The average molecular weight is 272 g/mol. The van der Waals surface area contributed by atoms with Crippen molar-refractivity contribution < 1.29 is 19.7 Å². The molecule has 1 rings (SSSR count). The third-order valence-electron chi connectivity index (χ3n) is 3.76. The molecular formula is C15H28O4. The Hall–Kier alpha value is -0.610. The van der Waals surface area contributed by atoms with E-state index in [4.69, 9.17) is 9.84 Å². The highest BCUT2D eigenvalue weighted by Gasteiger charge is 2.22. The molecule has 0 spiro atoms. The van der Waals surface area contributed by atoms with E-state index in [1.807, 2.05) is 0 Å². The minimum atomic E-state index is -0.737. The first-order valence-electron chi connectivity index (χ1n) is 7.72.